The molecule has 164 valence electrons. The Balaban J connectivity index is 1.47. The molecule has 2 aliphatic heterocycles. The minimum Gasteiger partial charge on any atom is -0.444 e. The van der Waals surface area contributed by atoms with Crippen molar-refractivity contribution in [1.29, 1.82) is 0 Å². The fraction of sp³-hybridized carbons (Fsp3) is 0.550. The quantitative estimate of drug-likeness (QED) is 0.534. The van der Waals surface area contributed by atoms with Crippen molar-refractivity contribution < 1.29 is 27.5 Å². The summed E-state index contributed by atoms with van der Waals surface area (Å²) in [6, 6.07) is 6.61. The first-order valence-corrected chi connectivity index (χ1v) is 11.5. The SMILES string of the molecule is CC(C)(C)OC(=O)N1CC[C@@H](S(=O)(=O)NCCCN2C(=O)c3ccccc3C2=O)C1. The molecule has 0 aliphatic carbocycles. The Labute approximate surface area is 176 Å². The molecule has 2 aliphatic rings. The molecule has 1 fully saturated rings. The Hall–Kier alpha value is -2.46. The van der Waals surface area contributed by atoms with Gasteiger partial charge in [-0.25, -0.2) is 17.9 Å². The Bertz CT molecular complexity index is 919. The van der Waals surface area contributed by atoms with Crippen molar-refractivity contribution in [2.75, 3.05) is 26.2 Å². The van der Waals surface area contributed by atoms with Gasteiger partial charge in [-0.2, -0.15) is 0 Å². The Kier molecular flexibility index (Phi) is 6.19. The van der Waals surface area contributed by atoms with Gasteiger partial charge in [0.1, 0.15) is 5.60 Å². The van der Waals surface area contributed by atoms with E-state index in [1.54, 1.807) is 45.0 Å². The molecule has 1 atom stereocenters. The van der Waals surface area contributed by atoms with Crippen molar-refractivity contribution in [1.82, 2.24) is 14.5 Å². The molecule has 10 heteroatoms. The molecule has 0 aromatic heterocycles. The second-order valence-electron chi connectivity index (χ2n) is 8.44. The Morgan fingerprint density at radius 2 is 1.77 bits per heavy atom. The first-order valence-electron chi connectivity index (χ1n) is 9.91. The lowest BCUT2D eigenvalue weighted by Crippen LogP contribution is -2.40. The molecule has 1 saturated heterocycles. The van der Waals surface area contributed by atoms with Crippen LogP contribution >= 0.6 is 0 Å². The number of nitrogens with zero attached hydrogens (tertiary/aromatic N) is 2. The molecule has 2 heterocycles. The van der Waals surface area contributed by atoms with Crippen LogP contribution in [0.4, 0.5) is 4.79 Å². The summed E-state index contributed by atoms with van der Waals surface area (Å²) in [5.41, 5.74) is 0.101. The lowest BCUT2D eigenvalue weighted by molar-refractivity contribution is 0.0295. The molecule has 30 heavy (non-hydrogen) atoms. The van der Waals surface area contributed by atoms with Gasteiger partial charge in [0.2, 0.25) is 10.0 Å². The number of carbonyl (C=O) groups is 3. The highest BCUT2D eigenvalue weighted by atomic mass is 32.2. The molecule has 0 radical (unpaired) electrons. The van der Waals surface area contributed by atoms with Gasteiger partial charge in [0.05, 0.1) is 16.4 Å². The van der Waals surface area contributed by atoms with Crippen molar-refractivity contribution >= 4 is 27.9 Å². The van der Waals surface area contributed by atoms with Gasteiger partial charge in [0.15, 0.2) is 0 Å². The van der Waals surface area contributed by atoms with Crippen LogP contribution in [0.1, 0.15) is 54.3 Å². The van der Waals surface area contributed by atoms with E-state index in [-0.39, 0.29) is 31.4 Å². The van der Waals surface area contributed by atoms with Crippen LogP contribution in [0.3, 0.4) is 0 Å². The number of likely N-dealkylation sites (tertiary alicyclic amines) is 1. The van der Waals surface area contributed by atoms with Crippen LogP contribution in [0.5, 0.6) is 0 Å². The molecule has 9 nitrogen and oxygen atoms in total. The molecule has 1 N–H and O–H groups in total. The number of carbonyl (C=O) groups excluding carboxylic acids is 3. The lowest BCUT2D eigenvalue weighted by atomic mass is 10.1. The van der Waals surface area contributed by atoms with Gasteiger partial charge in [-0.1, -0.05) is 12.1 Å². The highest BCUT2D eigenvalue weighted by Gasteiger charge is 2.37. The van der Waals surface area contributed by atoms with Gasteiger partial charge in [-0.05, 0) is 45.7 Å². The molecule has 1 aromatic rings. The fourth-order valence-corrected chi connectivity index (χ4v) is 4.94. The number of benzene rings is 1. The van der Waals surface area contributed by atoms with Crippen LogP contribution < -0.4 is 4.72 Å². The van der Waals surface area contributed by atoms with E-state index in [4.69, 9.17) is 4.74 Å². The van der Waals surface area contributed by atoms with Crippen molar-refractivity contribution in [3.05, 3.63) is 35.4 Å². The molecule has 0 bridgehead atoms. The maximum Gasteiger partial charge on any atom is 0.410 e. The summed E-state index contributed by atoms with van der Waals surface area (Å²) >= 11 is 0. The third kappa shape index (κ3) is 4.81. The third-order valence-corrected chi connectivity index (χ3v) is 6.84. The Morgan fingerprint density at radius 3 is 2.33 bits per heavy atom. The number of nitrogens with one attached hydrogen (secondary N) is 1. The fourth-order valence-electron chi connectivity index (χ4n) is 3.49. The zero-order chi connectivity index (χ0) is 22.1. The van der Waals surface area contributed by atoms with Crippen LogP contribution in [0, 0.1) is 0 Å². The highest BCUT2D eigenvalue weighted by Crippen LogP contribution is 2.23. The van der Waals surface area contributed by atoms with Crippen molar-refractivity contribution in [3.63, 3.8) is 0 Å². The van der Waals surface area contributed by atoms with E-state index in [0.717, 1.165) is 4.90 Å². The highest BCUT2D eigenvalue weighted by molar-refractivity contribution is 7.90. The van der Waals surface area contributed by atoms with E-state index in [1.807, 2.05) is 0 Å². The number of imide groups is 1. The second-order valence-corrected chi connectivity index (χ2v) is 10.5. The predicted octanol–water partition coefficient (Wildman–Crippen LogP) is 1.60. The summed E-state index contributed by atoms with van der Waals surface area (Å²) in [6.45, 7) is 5.88. The van der Waals surface area contributed by atoms with Gasteiger partial charge in [0, 0.05) is 26.2 Å². The van der Waals surface area contributed by atoms with E-state index >= 15 is 0 Å². The summed E-state index contributed by atoms with van der Waals surface area (Å²) in [4.78, 5) is 39.3. The maximum atomic E-state index is 12.6. The molecule has 3 rings (SSSR count). The number of rotatable bonds is 6. The third-order valence-electron chi connectivity index (χ3n) is 4.98. The number of fused-ring (bicyclic) bond motifs is 1. The number of sulfonamides is 1. The minimum absolute atomic E-state index is 0.0721. The van der Waals surface area contributed by atoms with Crippen LogP contribution in [0.2, 0.25) is 0 Å². The summed E-state index contributed by atoms with van der Waals surface area (Å²) < 4.78 is 32.9. The van der Waals surface area contributed by atoms with Crippen LogP contribution in [-0.2, 0) is 14.8 Å². The van der Waals surface area contributed by atoms with Gasteiger partial charge < -0.3 is 9.64 Å². The van der Waals surface area contributed by atoms with Crippen LogP contribution in [0.15, 0.2) is 24.3 Å². The topological polar surface area (TPSA) is 113 Å². The van der Waals surface area contributed by atoms with Gasteiger partial charge in [0.25, 0.3) is 11.8 Å². The molecule has 1 aromatic carbocycles. The zero-order valence-electron chi connectivity index (χ0n) is 17.4. The molecule has 3 amide bonds. The smallest absolute Gasteiger partial charge is 0.410 e. The van der Waals surface area contributed by atoms with E-state index in [0.29, 0.717) is 30.5 Å². The lowest BCUT2D eigenvalue weighted by Gasteiger charge is -2.24. The Morgan fingerprint density at radius 1 is 1.17 bits per heavy atom. The first kappa shape index (κ1) is 22.2. The van der Waals surface area contributed by atoms with E-state index in [9.17, 15) is 22.8 Å². The minimum atomic E-state index is -3.63. The predicted molar refractivity (Wildman–Crippen MR) is 110 cm³/mol. The molecule has 0 spiro atoms. The van der Waals surface area contributed by atoms with E-state index in [1.165, 1.54) is 4.90 Å². The standard InChI is InChI=1S/C20H27N3O6S/c1-20(2,3)29-19(26)22-12-9-14(13-22)30(27,28)21-10-6-11-23-17(24)15-7-4-5-8-16(15)18(23)25/h4-5,7-8,14,21H,6,9-13H2,1-3H3/t14-/m1/s1. The average molecular weight is 438 g/mol. The summed E-state index contributed by atoms with van der Waals surface area (Å²) in [7, 11) is -3.63. The monoisotopic (exact) mass is 437 g/mol. The molecule has 0 unspecified atom stereocenters. The summed E-state index contributed by atoms with van der Waals surface area (Å²) in [5, 5.41) is -0.718. The number of ether oxygens (including phenoxy) is 1. The normalized spacial score (nSPS) is 19.4. The summed E-state index contributed by atoms with van der Waals surface area (Å²) in [6.07, 6.45) is 0.103. The van der Waals surface area contributed by atoms with Gasteiger partial charge in [-0.3, -0.25) is 14.5 Å². The zero-order valence-corrected chi connectivity index (χ0v) is 18.2. The molecule has 0 saturated carbocycles. The van der Waals surface area contributed by atoms with E-state index < -0.39 is 27.0 Å². The largest absolute Gasteiger partial charge is 0.444 e. The second kappa shape index (κ2) is 8.35. The van der Waals surface area contributed by atoms with Crippen molar-refractivity contribution in [2.24, 2.45) is 0 Å². The number of hydrogen-bond donors (Lipinski definition) is 1. The number of amides is 3. The maximum absolute atomic E-state index is 12.6. The number of hydrogen-bond acceptors (Lipinski definition) is 6. The van der Waals surface area contributed by atoms with Gasteiger partial charge >= 0.3 is 6.09 Å². The summed E-state index contributed by atoms with van der Waals surface area (Å²) in [5.74, 6) is -0.718. The van der Waals surface area contributed by atoms with E-state index in [2.05, 4.69) is 4.72 Å². The van der Waals surface area contributed by atoms with Crippen LogP contribution in [0.25, 0.3) is 0 Å². The molecular formula is C20H27N3O6S. The van der Waals surface area contributed by atoms with Crippen molar-refractivity contribution in [3.8, 4) is 0 Å². The first-order chi connectivity index (χ1) is 14.0. The van der Waals surface area contributed by atoms with Gasteiger partial charge in [-0.15, -0.1) is 0 Å². The average Bonchev–Trinajstić information content (AvgIpc) is 3.24. The van der Waals surface area contributed by atoms with Crippen LogP contribution in [-0.4, -0.2) is 73.2 Å². The molecular weight excluding hydrogens is 410 g/mol. The van der Waals surface area contributed by atoms with Crippen molar-refractivity contribution in [2.45, 2.75) is 44.5 Å².